The molecule has 0 radical (unpaired) electrons. The minimum Gasteiger partial charge on any atom is -0.355 e. The van der Waals surface area contributed by atoms with Crippen LogP contribution < -0.4 is 10.2 Å². The fraction of sp³-hybridized carbons (Fsp3) is 0.500. The van der Waals surface area contributed by atoms with Crippen LogP contribution >= 0.6 is 0 Å². The molecule has 1 N–H and O–H groups in total. The van der Waals surface area contributed by atoms with Crippen LogP contribution in [0.15, 0.2) is 42.5 Å². The molecule has 0 atom stereocenters. The number of hydrogen-bond donors (Lipinski definition) is 1. The van der Waals surface area contributed by atoms with Gasteiger partial charge in [0.25, 0.3) is 5.82 Å². The van der Waals surface area contributed by atoms with Crippen molar-refractivity contribution >= 4 is 17.4 Å². The predicted molar refractivity (Wildman–Crippen MR) is 120 cm³/mol. The van der Waals surface area contributed by atoms with E-state index in [1.54, 1.807) is 6.07 Å². The first-order valence-corrected chi connectivity index (χ1v) is 11.7. The number of benzene rings is 1. The van der Waals surface area contributed by atoms with E-state index >= 15 is 0 Å². The number of fused-ring (bicyclic) bond motifs is 1. The number of carbonyl (C=O) groups excluding carboxylic acids is 1. The molecule has 0 spiro atoms. The number of amides is 1. The zero-order valence-corrected chi connectivity index (χ0v) is 18.8. The molecule has 1 saturated carbocycles. The Hall–Kier alpha value is -3.17. The molecule has 3 aromatic rings. The van der Waals surface area contributed by atoms with E-state index in [-0.39, 0.29) is 22.9 Å². The van der Waals surface area contributed by atoms with Crippen molar-refractivity contribution in [2.75, 3.05) is 24.5 Å². The third-order valence-corrected chi connectivity index (χ3v) is 7.24. The highest BCUT2D eigenvalue weighted by atomic mass is 19.4. The third kappa shape index (κ3) is 4.33. The summed E-state index contributed by atoms with van der Waals surface area (Å²) in [5, 5.41) is 14.1. The molecule has 10 heteroatoms. The molecule has 0 unspecified atom stereocenters. The van der Waals surface area contributed by atoms with Gasteiger partial charge in [0, 0.05) is 31.0 Å². The first-order valence-electron chi connectivity index (χ1n) is 11.7. The van der Waals surface area contributed by atoms with Crippen molar-refractivity contribution in [3.05, 3.63) is 53.9 Å². The van der Waals surface area contributed by atoms with Gasteiger partial charge in [-0.25, -0.2) is 0 Å². The van der Waals surface area contributed by atoms with Crippen molar-refractivity contribution in [3.8, 4) is 0 Å². The van der Waals surface area contributed by atoms with Gasteiger partial charge in [-0.3, -0.25) is 4.79 Å². The number of rotatable bonds is 5. The molecule has 3 heterocycles. The molecule has 2 fully saturated rings. The zero-order chi connectivity index (χ0) is 23.8. The van der Waals surface area contributed by atoms with Crippen LogP contribution in [0.4, 0.5) is 19.0 Å². The van der Waals surface area contributed by atoms with Gasteiger partial charge >= 0.3 is 6.18 Å². The normalized spacial score (nSPS) is 19.0. The first kappa shape index (κ1) is 22.6. The van der Waals surface area contributed by atoms with Crippen LogP contribution in [-0.2, 0) is 16.4 Å². The molecule has 1 amide bonds. The number of hydrogen-bond acceptors (Lipinski definition) is 5. The Kier molecular flexibility index (Phi) is 5.91. The summed E-state index contributed by atoms with van der Waals surface area (Å²) in [6.07, 6.45) is 1.11. The summed E-state index contributed by atoms with van der Waals surface area (Å²) in [5.74, 6) is -0.776. The van der Waals surface area contributed by atoms with Gasteiger partial charge in [0.15, 0.2) is 5.65 Å². The fourth-order valence-corrected chi connectivity index (χ4v) is 5.31. The Morgan fingerprint density at radius 2 is 1.74 bits per heavy atom. The number of halogens is 3. The van der Waals surface area contributed by atoms with E-state index < -0.39 is 12.0 Å². The fourth-order valence-electron chi connectivity index (χ4n) is 5.31. The molecule has 180 valence electrons. The number of aromatic nitrogens is 4. The molecule has 5 rings (SSSR count). The Balaban J connectivity index is 1.21. The van der Waals surface area contributed by atoms with Crippen molar-refractivity contribution in [2.45, 2.75) is 50.1 Å². The van der Waals surface area contributed by atoms with Gasteiger partial charge in [-0.05, 0) is 43.4 Å². The summed E-state index contributed by atoms with van der Waals surface area (Å²) in [6, 6.07) is 13.5. The van der Waals surface area contributed by atoms with Gasteiger partial charge in [0.05, 0.1) is 0 Å². The SMILES string of the molecule is O=C(NCC1(c2ccccc2)CCCC1)C1CCN(c2ccc3nnc(C(F)(F)F)n3n2)CC1. The van der Waals surface area contributed by atoms with Gasteiger partial charge in [0.2, 0.25) is 5.91 Å². The van der Waals surface area contributed by atoms with E-state index in [4.69, 9.17) is 0 Å². The summed E-state index contributed by atoms with van der Waals surface area (Å²) >= 11 is 0. The maximum Gasteiger partial charge on any atom is 0.453 e. The Labute approximate surface area is 195 Å². The number of nitrogens with one attached hydrogen (secondary N) is 1. The van der Waals surface area contributed by atoms with Crippen molar-refractivity contribution < 1.29 is 18.0 Å². The molecule has 1 aliphatic heterocycles. The monoisotopic (exact) mass is 472 g/mol. The second-order valence-electron chi connectivity index (χ2n) is 9.32. The molecule has 0 bridgehead atoms. The minimum atomic E-state index is -4.63. The van der Waals surface area contributed by atoms with E-state index in [1.807, 2.05) is 11.0 Å². The summed E-state index contributed by atoms with van der Waals surface area (Å²) in [7, 11) is 0. The Bertz CT molecular complexity index is 1150. The molecule has 2 aliphatic rings. The first-order chi connectivity index (χ1) is 16.4. The third-order valence-electron chi connectivity index (χ3n) is 7.24. The number of nitrogens with zero attached hydrogens (tertiary/aromatic N) is 5. The number of anilines is 1. The molecule has 1 aromatic carbocycles. The van der Waals surface area contributed by atoms with Crippen LogP contribution in [0.2, 0.25) is 0 Å². The lowest BCUT2D eigenvalue weighted by Crippen LogP contribution is -2.45. The van der Waals surface area contributed by atoms with Crippen molar-refractivity contribution in [2.24, 2.45) is 5.92 Å². The van der Waals surface area contributed by atoms with Crippen molar-refractivity contribution in [3.63, 3.8) is 0 Å². The number of alkyl halides is 3. The van der Waals surface area contributed by atoms with Gasteiger partial charge in [-0.2, -0.15) is 17.7 Å². The lowest BCUT2D eigenvalue weighted by molar-refractivity contribution is -0.146. The predicted octanol–water partition coefficient (Wildman–Crippen LogP) is 3.99. The minimum absolute atomic E-state index is 0.00593. The number of carbonyl (C=O) groups is 1. The van der Waals surface area contributed by atoms with Crippen LogP contribution in [0.25, 0.3) is 5.65 Å². The molecular weight excluding hydrogens is 445 g/mol. The van der Waals surface area contributed by atoms with Crippen LogP contribution in [0, 0.1) is 5.92 Å². The van der Waals surface area contributed by atoms with Gasteiger partial charge in [-0.1, -0.05) is 43.2 Å². The van der Waals surface area contributed by atoms with Gasteiger partial charge in [-0.15, -0.1) is 15.3 Å². The Morgan fingerprint density at radius 3 is 2.41 bits per heavy atom. The average Bonchev–Trinajstić information content (AvgIpc) is 3.51. The van der Waals surface area contributed by atoms with Crippen LogP contribution in [0.1, 0.15) is 49.9 Å². The second-order valence-corrected chi connectivity index (χ2v) is 9.32. The standard InChI is InChI=1S/C24H27F3N6O/c25-24(26,27)22-30-29-19-8-9-20(31-33(19)22)32-14-10-17(11-15-32)21(34)28-16-23(12-4-5-13-23)18-6-2-1-3-7-18/h1-3,6-9,17H,4-5,10-16H2,(H,28,34). The van der Waals surface area contributed by atoms with E-state index in [2.05, 4.69) is 44.9 Å². The van der Waals surface area contributed by atoms with Crippen LogP contribution in [0.5, 0.6) is 0 Å². The summed E-state index contributed by atoms with van der Waals surface area (Å²) in [6.45, 7) is 1.73. The summed E-state index contributed by atoms with van der Waals surface area (Å²) in [4.78, 5) is 14.9. The average molecular weight is 473 g/mol. The molecule has 1 saturated heterocycles. The number of piperidine rings is 1. The summed E-state index contributed by atoms with van der Waals surface area (Å²) < 4.78 is 40.2. The topological polar surface area (TPSA) is 75.4 Å². The molecule has 1 aliphatic carbocycles. The second kappa shape index (κ2) is 8.88. The van der Waals surface area contributed by atoms with E-state index in [0.717, 1.165) is 17.4 Å². The summed E-state index contributed by atoms with van der Waals surface area (Å²) in [5.41, 5.74) is 1.34. The van der Waals surface area contributed by atoms with Crippen LogP contribution in [-0.4, -0.2) is 45.4 Å². The van der Waals surface area contributed by atoms with E-state index in [9.17, 15) is 18.0 Å². The Morgan fingerprint density at radius 1 is 1.03 bits per heavy atom. The zero-order valence-electron chi connectivity index (χ0n) is 18.8. The lowest BCUT2D eigenvalue weighted by Gasteiger charge is -2.34. The maximum atomic E-state index is 13.2. The van der Waals surface area contributed by atoms with Crippen LogP contribution in [0.3, 0.4) is 0 Å². The smallest absolute Gasteiger partial charge is 0.355 e. The maximum absolute atomic E-state index is 13.2. The van der Waals surface area contributed by atoms with Crippen molar-refractivity contribution in [1.29, 1.82) is 0 Å². The van der Waals surface area contributed by atoms with Gasteiger partial charge in [0.1, 0.15) is 5.82 Å². The molecule has 34 heavy (non-hydrogen) atoms. The largest absolute Gasteiger partial charge is 0.453 e. The highest BCUT2D eigenvalue weighted by Crippen LogP contribution is 2.40. The molecule has 7 nitrogen and oxygen atoms in total. The van der Waals surface area contributed by atoms with Gasteiger partial charge < -0.3 is 10.2 Å². The lowest BCUT2D eigenvalue weighted by atomic mass is 9.78. The van der Waals surface area contributed by atoms with Crippen molar-refractivity contribution in [1.82, 2.24) is 25.1 Å². The highest BCUT2D eigenvalue weighted by molar-refractivity contribution is 5.79. The van der Waals surface area contributed by atoms with E-state index in [0.29, 0.717) is 38.3 Å². The molecular formula is C24H27F3N6O. The highest BCUT2D eigenvalue weighted by Gasteiger charge is 2.38. The molecule has 2 aromatic heterocycles. The quantitative estimate of drug-likeness (QED) is 0.608. The van der Waals surface area contributed by atoms with E-state index in [1.165, 1.54) is 24.5 Å².